The van der Waals surface area contributed by atoms with Crippen molar-refractivity contribution in [3.8, 4) is 23.0 Å². The smallest absolute Gasteiger partial charge is 0.319 e. The number of fused-ring (bicyclic) bond motifs is 8. The summed E-state index contributed by atoms with van der Waals surface area (Å²) in [4.78, 5) is 17.9. The third-order valence-corrected chi connectivity index (χ3v) is 10.6. The lowest BCUT2D eigenvalue weighted by molar-refractivity contribution is 0.107. The van der Waals surface area contributed by atoms with Crippen LogP contribution in [0, 0.1) is 29.3 Å². The minimum atomic E-state index is -1.16. The topological polar surface area (TPSA) is 86.6 Å². The summed E-state index contributed by atoms with van der Waals surface area (Å²) in [5.74, 6) is -1.61. The molecule has 4 saturated heterocycles. The Balaban J connectivity index is 1.18. The van der Waals surface area contributed by atoms with E-state index in [1.165, 1.54) is 30.8 Å². The number of phenolic OH excluding ortho intramolecular Hbond substituents is 1. The van der Waals surface area contributed by atoms with Gasteiger partial charge >= 0.3 is 6.01 Å². The summed E-state index contributed by atoms with van der Waals surface area (Å²) in [5, 5.41) is 14.4. The summed E-state index contributed by atoms with van der Waals surface area (Å²) in [6.07, 6.45) is 3.86. The lowest BCUT2D eigenvalue weighted by Gasteiger charge is -2.36. The molecule has 6 atom stereocenters. The Kier molecular flexibility index (Phi) is 5.67. The zero-order chi connectivity index (χ0) is 29.9. The molecule has 1 saturated carbocycles. The molecule has 12 heteroatoms. The molecule has 1 aliphatic carbocycles. The van der Waals surface area contributed by atoms with E-state index in [0.29, 0.717) is 61.2 Å². The molecular weight excluding hydrogens is 576 g/mol. The molecule has 4 aliphatic heterocycles. The number of piperazine rings is 1. The number of alkyl halides is 1. The van der Waals surface area contributed by atoms with Gasteiger partial charge in [0.2, 0.25) is 0 Å². The zero-order valence-electron chi connectivity index (χ0n) is 23.7. The van der Waals surface area contributed by atoms with Gasteiger partial charge in [0.15, 0.2) is 17.5 Å². The Labute approximate surface area is 250 Å². The maximum absolute atomic E-state index is 16.6. The normalized spacial score (nSPS) is 30.7. The summed E-state index contributed by atoms with van der Waals surface area (Å²) in [7, 11) is 0. The number of nitrogens with zero attached hydrogens (tertiary/aromatic N) is 5. The zero-order valence-corrected chi connectivity index (χ0v) is 23.7. The quantitative estimate of drug-likeness (QED) is 0.316. The van der Waals surface area contributed by atoms with Gasteiger partial charge in [0.1, 0.15) is 35.6 Å². The summed E-state index contributed by atoms with van der Waals surface area (Å²) >= 11 is 0. The number of phenols is 1. The Morgan fingerprint density at radius 1 is 1.05 bits per heavy atom. The molecule has 8 nitrogen and oxygen atoms in total. The summed E-state index contributed by atoms with van der Waals surface area (Å²) < 4.78 is 66.7. The maximum atomic E-state index is 16.6. The molecule has 2 N–H and O–H groups in total. The SMILES string of the molecule is Oc1cc(-c2ncc3c(N4CC5NC(C4)C4CC54)nc(OCC45CCCN4C[C@H](F)C5)nc3c2F)c2c(F)c(F)ccc2c1. The van der Waals surface area contributed by atoms with E-state index in [4.69, 9.17) is 9.72 Å². The van der Waals surface area contributed by atoms with Gasteiger partial charge in [-0.3, -0.25) is 9.88 Å². The predicted molar refractivity (Wildman–Crippen MR) is 155 cm³/mol. The van der Waals surface area contributed by atoms with E-state index in [1.807, 2.05) is 0 Å². The van der Waals surface area contributed by atoms with Gasteiger partial charge < -0.3 is 20.1 Å². The molecule has 2 aromatic carbocycles. The van der Waals surface area contributed by atoms with Gasteiger partial charge in [0.25, 0.3) is 0 Å². The molecule has 5 aliphatic rings. The molecule has 9 rings (SSSR count). The first-order chi connectivity index (χ1) is 21.3. The molecule has 0 amide bonds. The second kappa shape index (κ2) is 9.37. The van der Waals surface area contributed by atoms with E-state index < -0.39 is 29.2 Å². The van der Waals surface area contributed by atoms with E-state index in [0.717, 1.165) is 25.5 Å². The average molecular weight is 607 g/mol. The summed E-state index contributed by atoms with van der Waals surface area (Å²) in [6.45, 7) is 2.73. The van der Waals surface area contributed by atoms with E-state index >= 15 is 8.78 Å². The number of pyridine rings is 1. The highest BCUT2D eigenvalue weighted by Gasteiger charge is 2.57. The molecule has 4 aromatic rings. The van der Waals surface area contributed by atoms with Gasteiger partial charge in [-0.2, -0.15) is 9.97 Å². The van der Waals surface area contributed by atoms with Crippen LogP contribution in [-0.4, -0.2) is 81.5 Å². The molecular formula is C32H30F4N6O2. The minimum absolute atomic E-state index is 0.0267. The van der Waals surface area contributed by atoms with Crippen LogP contribution in [0.1, 0.15) is 25.7 Å². The van der Waals surface area contributed by atoms with Crippen molar-refractivity contribution in [2.24, 2.45) is 11.8 Å². The fourth-order valence-electron chi connectivity index (χ4n) is 8.51. The number of aromatic hydroxyl groups is 1. The number of ether oxygens (including phenoxy) is 1. The van der Waals surface area contributed by atoms with Gasteiger partial charge in [-0.1, -0.05) is 6.07 Å². The van der Waals surface area contributed by atoms with Gasteiger partial charge in [0, 0.05) is 55.3 Å². The van der Waals surface area contributed by atoms with Crippen molar-refractivity contribution < 1.29 is 27.4 Å². The fourth-order valence-corrected chi connectivity index (χ4v) is 8.51. The molecule has 5 fully saturated rings. The molecule has 6 heterocycles. The minimum Gasteiger partial charge on any atom is -0.508 e. The van der Waals surface area contributed by atoms with Gasteiger partial charge in [-0.15, -0.1) is 0 Å². The first kappa shape index (κ1) is 26.6. The van der Waals surface area contributed by atoms with Crippen LogP contribution in [0.2, 0.25) is 0 Å². The standard InChI is InChI=1S/C32H30F4N6O2/c33-16-9-32(4-1-5-42(32)11-16)14-44-31-39-29-21(30(40-31)41-12-23-18-8-19(18)24(13-41)38-23)10-37-28(27(29)36)20-7-17(43)6-15-2-3-22(34)26(35)25(15)20/h2-3,6-7,10,16,18-19,23-24,38,43H,1,4-5,8-9,11-14H2/t16-,18?,19?,23?,24?,32?/m1/s1. The van der Waals surface area contributed by atoms with Crippen LogP contribution in [-0.2, 0) is 0 Å². The number of nitrogens with one attached hydrogen (secondary N) is 1. The number of hydrogen-bond donors (Lipinski definition) is 2. The number of benzene rings is 2. The van der Waals surface area contributed by atoms with E-state index in [9.17, 15) is 13.9 Å². The Hall–Kier alpha value is -3.77. The average Bonchev–Trinajstić information content (AvgIpc) is 3.55. The van der Waals surface area contributed by atoms with Crippen molar-refractivity contribution in [1.82, 2.24) is 25.2 Å². The van der Waals surface area contributed by atoms with Crippen molar-refractivity contribution in [2.75, 3.05) is 37.7 Å². The first-order valence-corrected chi connectivity index (χ1v) is 15.3. The van der Waals surface area contributed by atoms with Crippen molar-refractivity contribution in [1.29, 1.82) is 0 Å². The van der Waals surface area contributed by atoms with E-state index in [-0.39, 0.29) is 45.9 Å². The summed E-state index contributed by atoms with van der Waals surface area (Å²) in [6, 6.07) is 5.33. The highest BCUT2D eigenvalue weighted by Crippen LogP contribution is 2.52. The summed E-state index contributed by atoms with van der Waals surface area (Å²) in [5.41, 5.74) is -0.899. The lowest BCUT2D eigenvalue weighted by atomic mass is 9.95. The molecule has 5 unspecified atom stereocenters. The first-order valence-electron chi connectivity index (χ1n) is 15.3. The molecule has 0 radical (unpaired) electrons. The van der Waals surface area contributed by atoms with Crippen LogP contribution in [0.15, 0.2) is 30.5 Å². The molecule has 228 valence electrons. The second-order valence-electron chi connectivity index (χ2n) is 13.2. The van der Waals surface area contributed by atoms with Gasteiger partial charge in [-0.05, 0) is 61.2 Å². The van der Waals surface area contributed by atoms with Gasteiger partial charge in [-0.25, -0.2) is 17.6 Å². The van der Waals surface area contributed by atoms with Crippen molar-refractivity contribution >= 4 is 27.5 Å². The van der Waals surface area contributed by atoms with Crippen LogP contribution in [0.4, 0.5) is 23.4 Å². The lowest BCUT2D eigenvalue weighted by Crippen LogP contribution is -2.54. The predicted octanol–water partition coefficient (Wildman–Crippen LogP) is 4.72. The van der Waals surface area contributed by atoms with Crippen molar-refractivity contribution in [3.63, 3.8) is 0 Å². The monoisotopic (exact) mass is 606 g/mol. The van der Waals surface area contributed by atoms with Crippen LogP contribution >= 0.6 is 0 Å². The number of halogens is 4. The third kappa shape index (κ3) is 3.92. The third-order valence-electron chi connectivity index (χ3n) is 10.6. The van der Waals surface area contributed by atoms with Crippen molar-refractivity contribution in [2.45, 2.75) is 49.5 Å². The van der Waals surface area contributed by atoms with Gasteiger partial charge in [0.05, 0.1) is 10.9 Å². The molecule has 2 bridgehead atoms. The Morgan fingerprint density at radius 3 is 2.68 bits per heavy atom. The largest absolute Gasteiger partial charge is 0.508 e. The molecule has 0 spiro atoms. The number of rotatable bonds is 5. The highest BCUT2D eigenvalue weighted by atomic mass is 19.2. The number of hydrogen-bond acceptors (Lipinski definition) is 8. The van der Waals surface area contributed by atoms with Crippen LogP contribution < -0.4 is 15.0 Å². The van der Waals surface area contributed by atoms with Crippen LogP contribution in [0.5, 0.6) is 11.8 Å². The number of piperidine rings is 1. The van der Waals surface area contributed by atoms with Crippen LogP contribution in [0.25, 0.3) is 32.9 Å². The van der Waals surface area contributed by atoms with E-state index in [2.05, 4.69) is 25.1 Å². The second-order valence-corrected chi connectivity index (χ2v) is 13.2. The Bertz CT molecular complexity index is 1840. The molecule has 44 heavy (non-hydrogen) atoms. The molecule has 2 aromatic heterocycles. The highest BCUT2D eigenvalue weighted by molar-refractivity contribution is 6.00. The maximum Gasteiger partial charge on any atom is 0.319 e. The Morgan fingerprint density at radius 2 is 1.86 bits per heavy atom. The number of aromatic nitrogens is 3. The van der Waals surface area contributed by atoms with Crippen LogP contribution in [0.3, 0.4) is 0 Å². The van der Waals surface area contributed by atoms with Crippen molar-refractivity contribution in [3.05, 3.63) is 47.9 Å². The number of anilines is 1. The van der Waals surface area contributed by atoms with E-state index in [1.54, 1.807) is 0 Å². The fraction of sp³-hybridized carbons (Fsp3) is 0.469.